The standard InChI is InChI=1S/C19H17FN4O2/c1-12-10-13(20)6-7-17(12)24-11-16(22-23-24)19(25)21-15-8-9-26-18-5-3-2-4-14(15)18/h2-7,10-11,15H,8-9H2,1H3,(H,21,25). The summed E-state index contributed by atoms with van der Waals surface area (Å²) in [6.07, 6.45) is 2.23. The summed E-state index contributed by atoms with van der Waals surface area (Å²) in [5.74, 6) is 0.162. The van der Waals surface area contributed by atoms with Crippen LogP contribution in [0.2, 0.25) is 0 Å². The Hall–Kier alpha value is -3.22. The fourth-order valence-corrected chi connectivity index (χ4v) is 3.09. The van der Waals surface area contributed by atoms with Gasteiger partial charge in [-0.25, -0.2) is 9.07 Å². The van der Waals surface area contributed by atoms with E-state index in [1.165, 1.54) is 16.8 Å². The van der Waals surface area contributed by atoms with Gasteiger partial charge in [0.05, 0.1) is 24.5 Å². The first kappa shape index (κ1) is 16.3. The SMILES string of the molecule is Cc1cc(F)ccc1-n1cc(C(=O)NC2CCOc3ccccc32)nn1. The highest BCUT2D eigenvalue weighted by Gasteiger charge is 2.24. The molecule has 0 radical (unpaired) electrons. The number of amides is 1. The molecule has 0 bridgehead atoms. The Balaban J connectivity index is 1.54. The zero-order chi connectivity index (χ0) is 18.1. The maximum atomic E-state index is 13.3. The van der Waals surface area contributed by atoms with Crippen LogP contribution in [0.4, 0.5) is 4.39 Å². The summed E-state index contributed by atoms with van der Waals surface area (Å²) in [6, 6.07) is 11.9. The van der Waals surface area contributed by atoms with Crippen LogP contribution in [0, 0.1) is 12.7 Å². The first-order valence-corrected chi connectivity index (χ1v) is 8.33. The van der Waals surface area contributed by atoms with Crippen molar-refractivity contribution in [1.82, 2.24) is 20.3 Å². The molecule has 3 aromatic rings. The molecular weight excluding hydrogens is 335 g/mol. The number of fused-ring (bicyclic) bond motifs is 1. The molecule has 2 aromatic carbocycles. The topological polar surface area (TPSA) is 69.0 Å². The van der Waals surface area contributed by atoms with Crippen molar-refractivity contribution in [2.24, 2.45) is 0 Å². The molecule has 26 heavy (non-hydrogen) atoms. The van der Waals surface area contributed by atoms with Gasteiger partial charge >= 0.3 is 0 Å². The number of para-hydroxylation sites is 1. The van der Waals surface area contributed by atoms with E-state index < -0.39 is 0 Å². The number of benzene rings is 2. The quantitative estimate of drug-likeness (QED) is 0.787. The Bertz CT molecular complexity index is 970. The van der Waals surface area contributed by atoms with Gasteiger partial charge in [0.25, 0.3) is 5.91 Å². The van der Waals surface area contributed by atoms with Crippen molar-refractivity contribution in [2.75, 3.05) is 6.61 Å². The fourth-order valence-electron chi connectivity index (χ4n) is 3.09. The molecule has 6 nitrogen and oxygen atoms in total. The van der Waals surface area contributed by atoms with E-state index in [1.807, 2.05) is 24.3 Å². The van der Waals surface area contributed by atoms with Crippen molar-refractivity contribution in [3.05, 3.63) is 71.3 Å². The minimum atomic E-state index is -0.317. The maximum Gasteiger partial charge on any atom is 0.273 e. The Morgan fingerprint density at radius 3 is 3.00 bits per heavy atom. The number of carbonyl (C=O) groups is 1. The van der Waals surface area contributed by atoms with Crippen LogP contribution in [0.1, 0.15) is 34.1 Å². The summed E-state index contributed by atoms with van der Waals surface area (Å²) in [6.45, 7) is 2.32. The van der Waals surface area contributed by atoms with Crippen molar-refractivity contribution >= 4 is 5.91 Å². The predicted octanol–water partition coefficient (Wildman–Crippen LogP) is 2.97. The number of aromatic nitrogens is 3. The Morgan fingerprint density at radius 2 is 2.15 bits per heavy atom. The molecule has 0 saturated carbocycles. The van der Waals surface area contributed by atoms with Crippen LogP contribution in [0.15, 0.2) is 48.7 Å². The highest BCUT2D eigenvalue weighted by molar-refractivity contribution is 5.92. The molecule has 0 saturated heterocycles. The van der Waals surface area contributed by atoms with Gasteiger partial charge in [0.15, 0.2) is 5.69 Å². The highest BCUT2D eigenvalue weighted by Crippen LogP contribution is 2.31. The summed E-state index contributed by atoms with van der Waals surface area (Å²) < 4.78 is 20.3. The van der Waals surface area contributed by atoms with Crippen molar-refractivity contribution < 1.29 is 13.9 Å². The zero-order valence-electron chi connectivity index (χ0n) is 14.1. The number of nitrogens with one attached hydrogen (secondary N) is 1. The molecule has 132 valence electrons. The molecule has 1 aromatic heterocycles. The summed E-state index contributed by atoms with van der Waals surface area (Å²) >= 11 is 0. The second-order valence-corrected chi connectivity index (χ2v) is 6.18. The second kappa shape index (κ2) is 6.59. The molecule has 1 aliphatic heterocycles. The van der Waals surface area contributed by atoms with Gasteiger partial charge in [0.1, 0.15) is 11.6 Å². The molecular formula is C19H17FN4O2. The van der Waals surface area contributed by atoms with Crippen molar-refractivity contribution in [1.29, 1.82) is 0 Å². The number of halogens is 1. The van der Waals surface area contributed by atoms with Gasteiger partial charge in [-0.2, -0.15) is 0 Å². The molecule has 0 aliphatic carbocycles. The molecule has 1 N–H and O–H groups in total. The third-order valence-electron chi connectivity index (χ3n) is 4.40. The lowest BCUT2D eigenvalue weighted by molar-refractivity contribution is 0.0919. The fraction of sp³-hybridized carbons (Fsp3) is 0.211. The molecule has 1 atom stereocenters. The molecule has 2 heterocycles. The molecule has 4 rings (SSSR count). The first-order valence-electron chi connectivity index (χ1n) is 8.33. The van der Waals surface area contributed by atoms with Crippen LogP contribution in [-0.4, -0.2) is 27.5 Å². The third-order valence-corrected chi connectivity index (χ3v) is 4.40. The van der Waals surface area contributed by atoms with Crippen molar-refractivity contribution in [3.8, 4) is 11.4 Å². The van der Waals surface area contributed by atoms with E-state index in [0.29, 0.717) is 24.3 Å². The Morgan fingerprint density at radius 1 is 1.31 bits per heavy atom. The predicted molar refractivity (Wildman–Crippen MR) is 92.8 cm³/mol. The lowest BCUT2D eigenvalue weighted by Gasteiger charge is -2.26. The average Bonchev–Trinajstić information content (AvgIpc) is 3.12. The van der Waals surface area contributed by atoms with Crippen LogP contribution >= 0.6 is 0 Å². The van der Waals surface area contributed by atoms with E-state index in [0.717, 1.165) is 11.3 Å². The number of rotatable bonds is 3. The lowest BCUT2D eigenvalue weighted by Crippen LogP contribution is -2.32. The highest BCUT2D eigenvalue weighted by atomic mass is 19.1. The van der Waals surface area contributed by atoms with Crippen molar-refractivity contribution in [3.63, 3.8) is 0 Å². The number of hydrogen-bond acceptors (Lipinski definition) is 4. The second-order valence-electron chi connectivity index (χ2n) is 6.18. The average molecular weight is 352 g/mol. The van der Waals surface area contributed by atoms with Gasteiger partial charge in [0.2, 0.25) is 0 Å². The smallest absolute Gasteiger partial charge is 0.273 e. The van der Waals surface area contributed by atoms with Gasteiger partial charge in [-0.3, -0.25) is 4.79 Å². The largest absolute Gasteiger partial charge is 0.493 e. The molecule has 1 unspecified atom stereocenters. The Labute approximate surface area is 149 Å². The number of ether oxygens (including phenoxy) is 1. The van der Waals surface area contributed by atoms with E-state index in [9.17, 15) is 9.18 Å². The molecule has 0 fully saturated rings. The van der Waals surface area contributed by atoms with Gasteiger partial charge in [-0.05, 0) is 36.8 Å². The maximum absolute atomic E-state index is 13.3. The monoisotopic (exact) mass is 352 g/mol. The normalized spacial score (nSPS) is 15.8. The van der Waals surface area contributed by atoms with E-state index in [1.54, 1.807) is 19.2 Å². The summed E-state index contributed by atoms with van der Waals surface area (Å²) in [7, 11) is 0. The number of nitrogens with zero attached hydrogens (tertiary/aromatic N) is 3. The van der Waals surface area contributed by atoms with Crippen molar-refractivity contribution in [2.45, 2.75) is 19.4 Å². The number of aryl methyl sites for hydroxylation is 1. The van der Waals surface area contributed by atoms with Gasteiger partial charge in [-0.1, -0.05) is 23.4 Å². The van der Waals surface area contributed by atoms with E-state index in [2.05, 4.69) is 15.6 Å². The molecule has 7 heteroatoms. The first-order chi connectivity index (χ1) is 12.6. The summed E-state index contributed by atoms with van der Waals surface area (Å²) in [5, 5.41) is 10.9. The summed E-state index contributed by atoms with van der Waals surface area (Å²) in [5.41, 5.74) is 2.54. The van der Waals surface area contributed by atoms with E-state index in [-0.39, 0.29) is 23.5 Å². The van der Waals surface area contributed by atoms with E-state index >= 15 is 0 Å². The lowest BCUT2D eigenvalue weighted by atomic mass is 10.0. The summed E-state index contributed by atoms with van der Waals surface area (Å²) in [4.78, 5) is 12.6. The minimum absolute atomic E-state index is 0.134. The number of hydrogen-bond donors (Lipinski definition) is 1. The van der Waals surface area contributed by atoms with E-state index in [4.69, 9.17) is 4.74 Å². The van der Waals surface area contributed by atoms with Crippen LogP contribution in [0.25, 0.3) is 5.69 Å². The van der Waals surface area contributed by atoms with Gasteiger partial charge in [0, 0.05) is 12.0 Å². The van der Waals surface area contributed by atoms with Gasteiger partial charge in [-0.15, -0.1) is 5.10 Å². The number of carbonyl (C=O) groups excluding carboxylic acids is 1. The van der Waals surface area contributed by atoms with Gasteiger partial charge < -0.3 is 10.1 Å². The third kappa shape index (κ3) is 3.03. The Kier molecular flexibility index (Phi) is 4.12. The van der Waals surface area contributed by atoms with Crippen LogP contribution in [0.3, 0.4) is 0 Å². The van der Waals surface area contributed by atoms with Crippen LogP contribution in [-0.2, 0) is 0 Å². The minimum Gasteiger partial charge on any atom is -0.493 e. The zero-order valence-corrected chi connectivity index (χ0v) is 14.1. The van der Waals surface area contributed by atoms with Crippen LogP contribution < -0.4 is 10.1 Å². The van der Waals surface area contributed by atoms with Crippen LogP contribution in [0.5, 0.6) is 5.75 Å². The molecule has 0 spiro atoms. The molecule has 1 aliphatic rings. The molecule has 1 amide bonds.